The summed E-state index contributed by atoms with van der Waals surface area (Å²) >= 11 is 0. The summed E-state index contributed by atoms with van der Waals surface area (Å²) in [5.41, 5.74) is 0.738. The molecule has 22 heavy (non-hydrogen) atoms. The third kappa shape index (κ3) is 3.56. The summed E-state index contributed by atoms with van der Waals surface area (Å²) in [4.78, 5) is 18.6. The molecule has 1 saturated heterocycles. The number of anilines is 1. The lowest BCUT2D eigenvalue weighted by Gasteiger charge is -2.38. The molecule has 0 radical (unpaired) electrons. The molecule has 2 heterocycles. The topological polar surface area (TPSA) is 63.7 Å². The number of pyridine rings is 1. The monoisotopic (exact) mass is 305 g/mol. The number of ether oxygens (including phenoxy) is 2. The molecule has 2 aliphatic rings. The summed E-state index contributed by atoms with van der Waals surface area (Å²) < 4.78 is 11.0. The molecular formula is C16H23N3O3. The van der Waals surface area contributed by atoms with E-state index in [0.29, 0.717) is 18.5 Å². The summed E-state index contributed by atoms with van der Waals surface area (Å²) in [7, 11) is 4.11. The highest BCUT2D eigenvalue weighted by Crippen LogP contribution is 2.31. The molecule has 3 rings (SSSR count). The van der Waals surface area contributed by atoms with Gasteiger partial charge in [0, 0.05) is 36.3 Å². The van der Waals surface area contributed by atoms with Gasteiger partial charge in [-0.3, -0.25) is 4.79 Å². The van der Waals surface area contributed by atoms with E-state index in [1.165, 1.54) is 0 Å². The van der Waals surface area contributed by atoms with E-state index in [1.54, 1.807) is 18.3 Å². The van der Waals surface area contributed by atoms with Crippen LogP contribution in [-0.4, -0.2) is 55.2 Å². The van der Waals surface area contributed by atoms with Gasteiger partial charge in [0.25, 0.3) is 0 Å². The lowest BCUT2D eigenvalue weighted by Crippen LogP contribution is -2.45. The van der Waals surface area contributed by atoms with Gasteiger partial charge in [0.05, 0.1) is 13.2 Å². The van der Waals surface area contributed by atoms with Crippen molar-refractivity contribution in [3.8, 4) is 5.88 Å². The molecule has 1 unspecified atom stereocenters. The molecule has 1 aromatic heterocycles. The zero-order valence-corrected chi connectivity index (χ0v) is 13.1. The van der Waals surface area contributed by atoms with Crippen molar-refractivity contribution >= 4 is 11.6 Å². The number of hydrogen-bond donors (Lipinski definition) is 1. The van der Waals surface area contributed by atoms with Gasteiger partial charge in [-0.05, 0) is 33.0 Å². The fourth-order valence-corrected chi connectivity index (χ4v) is 2.80. The molecule has 1 aliphatic carbocycles. The van der Waals surface area contributed by atoms with Gasteiger partial charge in [-0.1, -0.05) is 0 Å². The third-order valence-corrected chi connectivity index (χ3v) is 4.39. The fraction of sp³-hybridized carbons (Fsp3) is 0.625. The maximum Gasteiger partial charge on any atom is 0.227 e. The molecule has 1 saturated carbocycles. The smallest absolute Gasteiger partial charge is 0.227 e. The molecule has 120 valence electrons. The number of nitrogens with one attached hydrogen (secondary N) is 1. The Hall–Kier alpha value is -1.66. The SMILES string of the molecule is CN(C)C1CC(C(=O)Nc2ccnc(OC3CCOC3)c2)C1. The van der Waals surface area contributed by atoms with E-state index < -0.39 is 0 Å². The predicted octanol–water partition coefficient (Wildman–Crippen LogP) is 1.53. The first-order valence-electron chi connectivity index (χ1n) is 7.79. The molecule has 1 atom stereocenters. The Kier molecular flexibility index (Phi) is 4.59. The third-order valence-electron chi connectivity index (χ3n) is 4.39. The molecule has 6 nitrogen and oxygen atoms in total. The lowest BCUT2D eigenvalue weighted by atomic mass is 9.79. The zero-order valence-electron chi connectivity index (χ0n) is 13.1. The number of carbonyl (C=O) groups excluding carboxylic acids is 1. The minimum atomic E-state index is 0.0610. The second-order valence-electron chi connectivity index (χ2n) is 6.26. The van der Waals surface area contributed by atoms with Crippen molar-refractivity contribution in [2.24, 2.45) is 5.92 Å². The quantitative estimate of drug-likeness (QED) is 0.894. The largest absolute Gasteiger partial charge is 0.472 e. The van der Waals surface area contributed by atoms with E-state index in [2.05, 4.69) is 29.3 Å². The maximum atomic E-state index is 12.2. The van der Waals surface area contributed by atoms with Crippen LogP contribution in [0.2, 0.25) is 0 Å². The number of aromatic nitrogens is 1. The Morgan fingerprint density at radius 3 is 2.95 bits per heavy atom. The number of nitrogens with zero attached hydrogens (tertiary/aromatic N) is 2. The normalized spacial score (nSPS) is 27.5. The van der Waals surface area contributed by atoms with Gasteiger partial charge in [-0.15, -0.1) is 0 Å². The van der Waals surface area contributed by atoms with Crippen LogP contribution in [0.15, 0.2) is 18.3 Å². The van der Waals surface area contributed by atoms with Crippen molar-refractivity contribution < 1.29 is 14.3 Å². The Labute approximate surface area is 130 Å². The highest BCUT2D eigenvalue weighted by molar-refractivity contribution is 5.93. The van der Waals surface area contributed by atoms with Crippen molar-refractivity contribution in [2.75, 3.05) is 32.6 Å². The van der Waals surface area contributed by atoms with Crippen LogP contribution in [-0.2, 0) is 9.53 Å². The van der Waals surface area contributed by atoms with E-state index in [1.807, 2.05) is 0 Å². The highest BCUT2D eigenvalue weighted by Gasteiger charge is 2.35. The van der Waals surface area contributed by atoms with Crippen LogP contribution in [0.25, 0.3) is 0 Å². The van der Waals surface area contributed by atoms with Crippen LogP contribution in [0.4, 0.5) is 5.69 Å². The first-order valence-corrected chi connectivity index (χ1v) is 7.79. The number of hydrogen-bond acceptors (Lipinski definition) is 5. The van der Waals surface area contributed by atoms with Gasteiger partial charge >= 0.3 is 0 Å². The van der Waals surface area contributed by atoms with Crippen molar-refractivity contribution in [1.29, 1.82) is 0 Å². The minimum Gasteiger partial charge on any atom is -0.472 e. The second-order valence-corrected chi connectivity index (χ2v) is 6.26. The Bertz CT molecular complexity index is 523. The molecule has 1 aliphatic heterocycles. The first kappa shape index (κ1) is 15.2. The molecule has 1 amide bonds. The van der Waals surface area contributed by atoms with Crippen LogP contribution < -0.4 is 10.1 Å². The van der Waals surface area contributed by atoms with E-state index in [0.717, 1.165) is 31.6 Å². The summed E-state index contributed by atoms with van der Waals surface area (Å²) in [6.45, 7) is 1.34. The number of carbonyl (C=O) groups is 1. The Balaban J connectivity index is 1.53. The number of rotatable bonds is 5. The molecule has 0 aromatic carbocycles. The average molecular weight is 305 g/mol. The van der Waals surface area contributed by atoms with Crippen molar-refractivity contribution in [1.82, 2.24) is 9.88 Å². The Morgan fingerprint density at radius 2 is 2.27 bits per heavy atom. The van der Waals surface area contributed by atoms with Crippen molar-refractivity contribution in [2.45, 2.75) is 31.4 Å². The van der Waals surface area contributed by atoms with Crippen LogP contribution >= 0.6 is 0 Å². The second kappa shape index (κ2) is 6.62. The molecular weight excluding hydrogens is 282 g/mol. The molecule has 2 fully saturated rings. The standard InChI is InChI=1S/C16H23N3O3/c1-19(2)13-7-11(8-13)16(20)18-12-3-5-17-15(9-12)22-14-4-6-21-10-14/h3,5,9,11,13-14H,4,6-8,10H2,1-2H3,(H,17,18,20). The van der Waals surface area contributed by atoms with Gasteiger partial charge in [0.15, 0.2) is 0 Å². The highest BCUT2D eigenvalue weighted by atomic mass is 16.5. The average Bonchev–Trinajstić information content (AvgIpc) is 2.89. The molecule has 1 N–H and O–H groups in total. The van der Waals surface area contributed by atoms with Crippen LogP contribution in [0.3, 0.4) is 0 Å². The van der Waals surface area contributed by atoms with Crippen LogP contribution in [0.1, 0.15) is 19.3 Å². The molecule has 6 heteroatoms. The van der Waals surface area contributed by atoms with E-state index >= 15 is 0 Å². The van der Waals surface area contributed by atoms with Gasteiger partial charge in [0.1, 0.15) is 6.10 Å². The van der Waals surface area contributed by atoms with E-state index in [-0.39, 0.29) is 17.9 Å². The minimum absolute atomic E-state index is 0.0610. The van der Waals surface area contributed by atoms with Crippen molar-refractivity contribution in [3.05, 3.63) is 18.3 Å². The van der Waals surface area contributed by atoms with E-state index in [4.69, 9.17) is 9.47 Å². The van der Waals surface area contributed by atoms with Gasteiger partial charge in [0.2, 0.25) is 11.8 Å². The van der Waals surface area contributed by atoms with Gasteiger partial charge in [-0.2, -0.15) is 0 Å². The summed E-state index contributed by atoms with van der Waals surface area (Å²) in [6.07, 6.45) is 4.45. The summed E-state index contributed by atoms with van der Waals surface area (Å²) in [6, 6.07) is 4.09. The molecule has 1 aromatic rings. The zero-order chi connectivity index (χ0) is 15.5. The van der Waals surface area contributed by atoms with E-state index in [9.17, 15) is 4.79 Å². The predicted molar refractivity (Wildman–Crippen MR) is 82.9 cm³/mol. The lowest BCUT2D eigenvalue weighted by molar-refractivity contribution is -0.124. The van der Waals surface area contributed by atoms with Gasteiger partial charge in [-0.25, -0.2) is 4.98 Å². The maximum absolute atomic E-state index is 12.2. The first-order chi connectivity index (χ1) is 10.6. The van der Waals surface area contributed by atoms with Gasteiger partial charge < -0.3 is 19.7 Å². The molecule has 0 spiro atoms. The van der Waals surface area contributed by atoms with Crippen LogP contribution in [0.5, 0.6) is 5.88 Å². The summed E-state index contributed by atoms with van der Waals surface area (Å²) in [5, 5.41) is 2.96. The molecule has 0 bridgehead atoms. The van der Waals surface area contributed by atoms with Crippen LogP contribution in [0, 0.1) is 5.92 Å². The summed E-state index contributed by atoms with van der Waals surface area (Å²) in [5.74, 6) is 0.723. The fourth-order valence-electron chi connectivity index (χ4n) is 2.80. The number of amides is 1. The van der Waals surface area contributed by atoms with Crippen molar-refractivity contribution in [3.63, 3.8) is 0 Å². The Morgan fingerprint density at radius 1 is 1.45 bits per heavy atom.